The molecule has 1 aromatic carbocycles. The zero-order chi connectivity index (χ0) is 19.0. The number of amides is 2. The van der Waals surface area contributed by atoms with Gasteiger partial charge in [-0.2, -0.15) is 0 Å². The highest BCUT2D eigenvalue weighted by Gasteiger charge is 2.36. The number of rotatable bonds is 4. The van der Waals surface area contributed by atoms with Crippen LogP contribution in [0, 0.1) is 0 Å². The smallest absolute Gasteiger partial charge is 0.276 e. The number of nitrogens with zero attached hydrogens (tertiary/aromatic N) is 3. The fraction of sp³-hybridized carbons (Fsp3) is 0.476. The van der Waals surface area contributed by atoms with Crippen LogP contribution >= 0.6 is 0 Å². The van der Waals surface area contributed by atoms with Gasteiger partial charge in [-0.3, -0.25) is 9.59 Å². The largest absolute Gasteiger partial charge is 0.360 e. The van der Waals surface area contributed by atoms with Gasteiger partial charge in [0.25, 0.3) is 5.91 Å². The average Bonchev–Trinajstić information content (AvgIpc) is 3.44. The molecule has 6 heteroatoms. The van der Waals surface area contributed by atoms with E-state index in [-0.39, 0.29) is 11.8 Å². The van der Waals surface area contributed by atoms with E-state index >= 15 is 0 Å². The fourth-order valence-corrected chi connectivity index (χ4v) is 3.60. The van der Waals surface area contributed by atoms with Crippen molar-refractivity contribution in [1.29, 1.82) is 0 Å². The van der Waals surface area contributed by atoms with Crippen LogP contribution in [0.2, 0.25) is 0 Å². The van der Waals surface area contributed by atoms with Crippen LogP contribution in [0.3, 0.4) is 0 Å². The molecular weight excluding hydrogens is 342 g/mol. The van der Waals surface area contributed by atoms with E-state index in [1.807, 2.05) is 49.1 Å². The normalized spacial score (nSPS) is 17.9. The van der Waals surface area contributed by atoms with Crippen LogP contribution in [0.5, 0.6) is 0 Å². The number of benzene rings is 1. The zero-order valence-corrected chi connectivity index (χ0v) is 15.9. The van der Waals surface area contributed by atoms with Crippen molar-refractivity contribution in [2.24, 2.45) is 0 Å². The molecule has 2 amide bonds. The van der Waals surface area contributed by atoms with Crippen molar-refractivity contribution in [2.75, 3.05) is 26.2 Å². The van der Waals surface area contributed by atoms with Crippen LogP contribution in [0.25, 0.3) is 0 Å². The summed E-state index contributed by atoms with van der Waals surface area (Å²) in [6, 6.07) is 11.6. The third-order valence-corrected chi connectivity index (χ3v) is 5.61. The number of carbonyl (C=O) groups excluding carboxylic acids is 2. The summed E-state index contributed by atoms with van der Waals surface area (Å²) in [6.07, 6.45) is 2.22. The summed E-state index contributed by atoms with van der Waals surface area (Å²) >= 11 is 0. The van der Waals surface area contributed by atoms with E-state index in [0.717, 1.165) is 24.2 Å². The van der Waals surface area contributed by atoms with Crippen molar-refractivity contribution in [3.8, 4) is 0 Å². The molecule has 0 radical (unpaired) electrons. The van der Waals surface area contributed by atoms with Crippen LogP contribution in [0.4, 0.5) is 0 Å². The van der Waals surface area contributed by atoms with E-state index in [9.17, 15) is 9.59 Å². The molecule has 6 nitrogen and oxygen atoms in total. The van der Waals surface area contributed by atoms with E-state index in [0.29, 0.717) is 37.8 Å². The summed E-state index contributed by atoms with van der Waals surface area (Å²) in [5, 5.41) is 3.94. The SMILES string of the molecule is CC(C)(C(=O)N1CCN(C(=O)c2cc(C3CC3)on2)CC1)c1ccccc1. The monoisotopic (exact) mass is 367 g/mol. The molecule has 1 aromatic heterocycles. The summed E-state index contributed by atoms with van der Waals surface area (Å²) in [5.74, 6) is 1.24. The van der Waals surface area contributed by atoms with Crippen LogP contribution in [0.15, 0.2) is 40.9 Å². The molecule has 2 heterocycles. The predicted octanol–water partition coefficient (Wildman–Crippen LogP) is 2.81. The summed E-state index contributed by atoms with van der Waals surface area (Å²) in [4.78, 5) is 29.3. The maximum absolute atomic E-state index is 13.0. The molecule has 2 aromatic rings. The van der Waals surface area contributed by atoms with Gasteiger partial charge in [-0.1, -0.05) is 35.5 Å². The van der Waals surface area contributed by atoms with Gasteiger partial charge in [-0.25, -0.2) is 0 Å². The van der Waals surface area contributed by atoms with Crippen LogP contribution in [-0.4, -0.2) is 52.9 Å². The van der Waals surface area contributed by atoms with Crippen molar-refractivity contribution in [3.63, 3.8) is 0 Å². The number of hydrogen-bond donors (Lipinski definition) is 0. The molecule has 2 aliphatic rings. The minimum atomic E-state index is -0.585. The lowest BCUT2D eigenvalue weighted by atomic mass is 9.83. The standard InChI is InChI=1S/C21H25N3O3/c1-21(2,16-6-4-3-5-7-16)20(26)24-12-10-23(11-13-24)19(25)17-14-18(27-22-17)15-8-9-15/h3-7,14-15H,8-13H2,1-2H3. The highest BCUT2D eigenvalue weighted by molar-refractivity contribution is 5.93. The predicted molar refractivity (Wildman–Crippen MR) is 100 cm³/mol. The Kier molecular flexibility index (Phi) is 4.50. The second kappa shape index (κ2) is 6.83. The number of aromatic nitrogens is 1. The first kappa shape index (κ1) is 17.8. The molecule has 4 rings (SSSR count). The molecule has 0 atom stereocenters. The van der Waals surface area contributed by atoms with E-state index in [1.54, 1.807) is 11.0 Å². The number of piperazine rings is 1. The summed E-state index contributed by atoms with van der Waals surface area (Å²) < 4.78 is 5.29. The Balaban J connectivity index is 1.38. The molecule has 0 N–H and O–H groups in total. The lowest BCUT2D eigenvalue weighted by molar-refractivity contribution is -0.137. The van der Waals surface area contributed by atoms with Crippen molar-refractivity contribution in [2.45, 2.75) is 38.0 Å². The molecule has 1 saturated heterocycles. The van der Waals surface area contributed by atoms with Crippen molar-refractivity contribution in [3.05, 3.63) is 53.4 Å². The Hall–Kier alpha value is -2.63. The van der Waals surface area contributed by atoms with Gasteiger partial charge >= 0.3 is 0 Å². The lowest BCUT2D eigenvalue weighted by Gasteiger charge is -2.38. The Morgan fingerprint density at radius 2 is 1.67 bits per heavy atom. The maximum Gasteiger partial charge on any atom is 0.276 e. The molecule has 2 fully saturated rings. The van der Waals surface area contributed by atoms with Gasteiger partial charge in [0.15, 0.2) is 5.69 Å². The maximum atomic E-state index is 13.0. The first-order chi connectivity index (χ1) is 13.0. The van der Waals surface area contributed by atoms with Gasteiger partial charge in [0.05, 0.1) is 5.41 Å². The Labute approximate surface area is 159 Å². The minimum absolute atomic E-state index is 0.0956. The number of hydrogen-bond acceptors (Lipinski definition) is 4. The molecule has 27 heavy (non-hydrogen) atoms. The van der Waals surface area contributed by atoms with E-state index < -0.39 is 5.41 Å². The summed E-state index contributed by atoms with van der Waals surface area (Å²) in [7, 11) is 0. The van der Waals surface area contributed by atoms with Gasteiger partial charge in [0.1, 0.15) is 5.76 Å². The fourth-order valence-electron chi connectivity index (χ4n) is 3.60. The van der Waals surface area contributed by atoms with Crippen molar-refractivity contribution < 1.29 is 14.1 Å². The molecular formula is C21H25N3O3. The lowest BCUT2D eigenvalue weighted by Crippen LogP contribution is -2.54. The molecule has 142 valence electrons. The molecule has 1 aliphatic carbocycles. The molecule has 0 spiro atoms. The number of carbonyl (C=O) groups is 2. The quantitative estimate of drug-likeness (QED) is 0.833. The topological polar surface area (TPSA) is 66.7 Å². The summed E-state index contributed by atoms with van der Waals surface area (Å²) in [6.45, 7) is 6.01. The van der Waals surface area contributed by atoms with Gasteiger partial charge < -0.3 is 14.3 Å². The second-order valence-corrected chi connectivity index (χ2v) is 7.96. The first-order valence-corrected chi connectivity index (χ1v) is 9.57. The average molecular weight is 367 g/mol. The summed E-state index contributed by atoms with van der Waals surface area (Å²) in [5.41, 5.74) is 0.795. The van der Waals surface area contributed by atoms with Gasteiger partial charge in [-0.05, 0) is 32.3 Å². The van der Waals surface area contributed by atoms with Crippen molar-refractivity contribution in [1.82, 2.24) is 15.0 Å². The third-order valence-electron chi connectivity index (χ3n) is 5.61. The zero-order valence-electron chi connectivity index (χ0n) is 15.9. The Bertz CT molecular complexity index is 831. The van der Waals surface area contributed by atoms with Gasteiger partial charge in [-0.15, -0.1) is 0 Å². The molecule has 0 bridgehead atoms. The highest BCUT2D eigenvalue weighted by Crippen LogP contribution is 2.40. The first-order valence-electron chi connectivity index (χ1n) is 9.57. The molecule has 1 aliphatic heterocycles. The van der Waals surface area contributed by atoms with Crippen molar-refractivity contribution >= 4 is 11.8 Å². The molecule has 1 saturated carbocycles. The molecule has 0 unspecified atom stereocenters. The van der Waals surface area contributed by atoms with E-state index in [4.69, 9.17) is 4.52 Å². The second-order valence-electron chi connectivity index (χ2n) is 7.96. The van der Waals surface area contributed by atoms with Gasteiger partial charge in [0, 0.05) is 38.2 Å². The van der Waals surface area contributed by atoms with Crippen LogP contribution in [0.1, 0.15) is 54.4 Å². The third kappa shape index (κ3) is 3.48. The highest BCUT2D eigenvalue weighted by atomic mass is 16.5. The van der Waals surface area contributed by atoms with Crippen LogP contribution in [-0.2, 0) is 10.2 Å². The van der Waals surface area contributed by atoms with E-state index in [1.165, 1.54) is 0 Å². The minimum Gasteiger partial charge on any atom is -0.360 e. The Morgan fingerprint density at radius 1 is 1.04 bits per heavy atom. The van der Waals surface area contributed by atoms with Crippen LogP contribution < -0.4 is 0 Å². The van der Waals surface area contributed by atoms with E-state index in [2.05, 4.69) is 5.16 Å². The van der Waals surface area contributed by atoms with Gasteiger partial charge in [0.2, 0.25) is 5.91 Å². The Morgan fingerprint density at radius 3 is 2.30 bits per heavy atom.